The fourth-order valence-electron chi connectivity index (χ4n) is 1.89. The summed E-state index contributed by atoms with van der Waals surface area (Å²) in [6, 6.07) is 6.28. The molecule has 122 valence electrons. The number of fused-ring (bicyclic) bond motifs is 1. The molecule has 7 nitrogen and oxygen atoms in total. The lowest BCUT2D eigenvalue weighted by Gasteiger charge is -2.26. The van der Waals surface area contributed by atoms with Crippen molar-refractivity contribution in [1.29, 1.82) is 0 Å². The van der Waals surface area contributed by atoms with E-state index in [1.54, 1.807) is 45.9 Å². The summed E-state index contributed by atoms with van der Waals surface area (Å²) in [6.07, 6.45) is -0.880. The number of nitrogens with zero attached hydrogens (tertiary/aromatic N) is 1. The van der Waals surface area contributed by atoms with E-state index in [1.165, 1.54) is 6.07 Å². The minimum atomic E-state index is -4.24. The van der Waals surface area contributed by atoms with Gasteiger partial charge in [-0.05, 0) is 39.8 Å². The second kappa shape index (κ2) is 6.12. The van der Waals surface area contributed by atoms with Gasteiger partial charge in [-0.3, -0.25) is 4.57 Å². The Morgan fingerprint density at radius 2 is 1.64 bits per heavy atom. The molecule has 9 heteroatoms. The zero-order valence-corrected chi connectivity index (χ0v) is 14.4. The number of hydrogen-bond donors (Lipinski definition) is 0. The van der Waals surface area contributed by atoms with Crippen LogP contribution in [0.15, 0.2) is 28.7 Å². The lowest BCUT2D eigenvalue weighted by Crippen LogP contribution is -2.22. The van der Waals surface area contributed by atoms with Gasteiger partial charge < -0.3 is 13.2 Å². The Morgan fingerprint density at radius 3 is 2.18 bits per heavy atom. The molecule has 0 fully saturated rings. The van der Waals surface area contributed by atoms with Gasteiger partial charge in [0.2, 0.25) is 0 Å². The average Bonchev–Trinajstić information content (AvgIpc) is 2.34. The van der Waals surface area contributed by atoms with Gasteiger partial charge in [0.15, 0.2) is 11.2 Å². The maximum Gasteiger partial charge on any atom is 0.429 e. The second-order valence-electron chi connectivity index (χ2n) is 5.23. The van der Waals surface area contributed by atoms with Crippen molar-refractivity contribution in [1.82, 2.24) is 0 Å². The molecule has 0 atom stereocenters. The number of rotatable bonds is 5. The third-order valence-electron chi connectivity index (χ3n) is 2.48. The summed E-state index contributed by atoms with van der Waals surface area (Å²) < 4.78 is 55.9. The van der Waals surface area contributed by atoms with Crippen LogP contribution < -0.4 is 4.18 Å². The van der Waals surface area contributed by atoms with Crippen LogP contribution in [0.3, 0.4) is 0 Å². The van der Waals surface area contributed by atoms with Crippen molar-refractivity contribution < 1.29 is 26.2 Å². The molecule has 22 heavy (non-hydrogen) atoms. The first-order valence-corrected chi connectivity index (χ1v) is 9.65. The molecule has 1 heterocycles. The Bertz CT molecular complexity index is 727. The molecule has 0 bridgehead atoms. The molecule has 0 unspecified atom stereocenters. The second-order valence-corrected chi connectivity index (χ2v) is 8.27. The highest BCUT2D eigenvalue weighted by atomic mass is 32.2. The third kappa shape index (κ3) is 3.76. The van der Waals surface area contributed by atoms with Crippen LogP contribution in [0.25, 0.3) is 0 Å². The van der Waals surface area contributed by atoms with Crippen LogP contribution in [0, 0.1) is 0 Å². The predicted molar refractivity (Wildman–Crippen MR) is 82.6 cm³/mol. The lowest BCUT2D eigenvalue weighted by atomic mass is 10.2. The summed E-state index contributed by atoms with van der Waals surface area (Å²) >= 11 is 0. The molecule has 1 aliphatic rings. The largest absolute Gasteiger partial charge is 0.429 e. The van der Waals surface area contributed by atoms with Crippen molar-refractivity contribution in [3.8, 4) is 5.75 Å². The van der Waals surface area contributed by atoms with Gasteiger partial charge in [-0.1, -0.05) is 12.1 Å². The van der Waals surface area contributed by atoms with E-state index in [1.807, 2.05) is 0 Å². The van der Waals surface area contributed by atoms with Gasteiger partial charge >= 0.3 is 17.9 Å². The van der Waals surface area contributed by atoms with Gasteiger partial charge in [-0.25, -0.2) is 0 Å². The van der Waals surface area contributed by atoms with E-state index in [2.05, 4.69) is 4.40 Å². The van der Waals surface area contributed by atoms with Crippen molar-refractivity contribution >= 4 is 23.4 Å². The molecule has 0 radical (unpaired) electrons. The molecule has 2 rings (SSSR count). The molecular weight excluding hydrogens is 329 g/mol. The van der Waals surface area contributed by atoms with Crippen LogP contribution in [0.4, 0.5) is 0 Å². The Morgan fingerprint density at radius 1 is 1.09 bits per heavy atom. The standard InChI is InChI=1S/C13H18NO6PS/c1-9(2)18-21(15,19-10(3)4)13-11-7-5-6-8-12(11)20-22(16,17)14-13/h5-10H,1-4H3. The van der Waals surface area contributed by atoms with E-state index in [-0.39, 0.29) is 16.8 Å². The van der Waals surface area contributed by atoms with Crippen molar-refractivity contribution in [2.24, 2.45) is 4.40 Å². The fourth-order valence-corrected chi connectivity index (χ4v) is 5.15. The smallest absolute Gasteiger partial charge is 0.365 e. The summed E-state index contributed by atoms with van der Waals surface area (Å²) in [5, 5.41) is 0. The Kier molecular flexibility index (Phi) is 4.77. The van der Waals surface area contributed by atoms with Gasteiger partial charge in [-0.2, -0.15) is 8.42 Å². The minimum absolute atomic E-state index is 0.0486. The van der Waals surface area contributed by atoms with Crippen LogP contribution in [-0.4, -0.2) is 26.1 Å². The zero-order valence-electron chi connectivity index (χ0n) is 12.7. The Labute approximate surface area is 130 Å². The monoisotopic (exact) mass is 347 g/mol. The maximum atomic E-state index is 13.1. The van der Waals surface area contributed by atoms with Gasteiger partial charge in [0.05, 0.1) is 17.8 Å². The van der Waals surface area contributed by atoms with Crippen molar-refractivity contribution in [3.63, 3.8) is 0 Å². The summed E-state index contributed by atoms with van der Waals surface area (Å²) in [6.45, 7) is 6.71. The molecule has 0 saturated heterocycles. The van der Waals surface area contributed by atoms with Gasteiger partial charge in [0, 0.05) is 0 Å². The maximum absolute atomic E-state index is 13.1. The van der Waals surface area contributed by atoms with Gasteiger partial charge in [-0.15, -0.1) is 4.40 Å². The highest BCUT2D eigenvalue weighted by Gasteiger charge is 2.41. The summed E-state index contributed by atoms with van der Waals surface area (Å²) in [5.41, 5.74) is 0.0266. The highest BCUT2D eigenvalue weighted by Crippen LogP contribution is 2.56. The highest BCUT2D eigenvalue weighted by molar-refractivity contribution is 7.87. The average molecular weight is 347 g/mol. The van der Waals surface area contributed by atoms with Crippen LogP contribution in [0.5, 0.6) is 5.75 Å². The van der Waals surface area contributed by atoms with Crippen LogP contribution in [0.2, 0.25) is 0 Å². The van der Waals surface area contributed by atoms with Crippen molar-refractivity contribution in [3.05, 3.63) is 29.8 Å². The molecule has 1 aromatic carbocycles. The molecule has 1 aromatic rings. The first-order chi connectivity index (χ1) is 10.1. The molecule has 0 N–H and O–H groups in total. The van der Waals surface area contributed by atoms with Gasteiger partial charge in [0.25, 0.3) is 0 Å². The molecule has 0 aromatic heterocycles. The summed E-state index contributed by atoms with van der Waals surface area (Å²) in [5.74, 6) is 0.0486. The van der Waals surface area contributed by atoms with Crippen molar-refractivity contribution in [2.45, 2.75) is 39.9 Å². The first kappa shape index (κ1) is 17.1. The first-order valence-electron chi connectivity index (χ1n) is 6.74. The third-order valence-corrected chi connectivity index (χ3v) is 5.67. The molecule has 0 amide bonds. The molecule has 0 aliphatic carbocycles. The number of hydrogen-bond acceptors (Lipinski definition) is 6. The van der Waals surface area contributed by atoms with E-state index in [0.29, 0.717) is 0 Å². The number of benzene rings is 1. The van der Waals surface area contributed by atoms with E-state index < -0.39 is 30.1 Å². The Hall–Kier alpha value is -1.21. The summed E-state index contributed by atoms with van der Waals surface area (Å²) in [7, 11) is -8.17. The topological polar surface area (TPSA) is 91.3 Å². The minimum Gasteiger partial charge on any atom is -0.365 e. The molecule has 0 spiro atoms. The van der Waals surface area contributed by atoms with E-state index in [4.69, 9.17) is 13.2 Å². The quantitative estimate of drug-likeness (QED) is 0.760. The van der Waals surface area contributed by atoms with E-state index in [9.17, 15) is 13.0 Å². The molecule has 1 aliphatic heterocycles. The van der Waals surface area contributed by atoms with E-state index in [0.717, 1.165) is 0 Å². The van der Waals surface area contributed by atoms with Crippen LogP contribution in [-0.2, 0) is 23.9 Å². The molecular formula is C13H18NO6PS. The Balaban J connectivity index is 2.63. The van der Waals surface area contributed by atoms with Gasteiger partial charge in [0.1, 0.15) is 0 Å². The van der Waals surface area contributed by atoms with Crippen LogP contribution >= 0.6 is 7.60 Å². The number of para-hydroxylation sites is 1. The fraction of sp³-hybridized carbons (Fsp3) is 0.462. The zero-order chi connectivity index (χ0) is 16.5. The van der Waals surface area contributed by atoms with E-state index >= 15 is 0 Å². The SMILES string of the molecule is CC(C)OP(=O)(OC(C)C)C1=NS(=O)(=O)Oc2ccccc21. The van der Waals surface area contributed by atoms with Crippen molar-refractivity contribution in [2.75, 3.05) is 0 Å². The normalized spacial score (nSPS) is 17.1. The summed E-state index contributed by atoms with van der Waals surface area (Å²) in [4.78, 5) is 0. The van der Waals surface area contributed by atoms with Crippen LogP contribution in [0.1, 0.15) is 33.3 Å². The lowest BCUT2D eigenvalue weighted by molar-refractivity contribution is 0.152. The predicted octanol–water partition coefficient (Wildman–Crippen LogP) is 3.11. The molecule has 0 saturated carbocycles.